The van der Waals surface area contributed by atoms with Crippen molar-refractivity contribution in [2.45, 2.75) is 25.7 Å². The van der Waals surface area contributed by atoms with E-state index in [1.54, 1.807) is 0 Å². The number of primary sulfonamides is 1. The highest BCUT2D eigenvalue weighted by atomic mass is 127. The molecule has 5 N–H and O–H groups in total. The first-order valence-corrected chi connectivity index (χ1v) is 8.35. The lowest BCUT2D eigenvalue weighted by atomic mass is 9.90. The van der Waals surface area contributed by atoms with E-state index in [0.29, 0.717) is 0 Å². The van der Waals surface area contributed by atoms with E-state index in [4.69, 9.17) is 10.9 Å². The Morgan fingerprint density at radius 1 is 1.29 bits per heavy atom. The maximum Gasteiger partial charge on any atom is 0.210 e. The molecule has 0 radical (unpaired) electrons. The lowest BCUT2D eigenvalue weighted by Gasteiger charge is -2.19. The number of rotatable bonds is 4. The van der Waals surface area contributed by atoms with E-state index < -0.39 is 10.0 Å². The number of aliphatic imine (C=N–C) groups is 1. The maximum absolute atomic E-state index is 10.8. The molecule has 118 valence electrons. The Labute approximate surface area is 142 Å². The van der Waals surface area contributed by atoms with E-state index in [0.717, 1.165) is 18.5 Å². The number of aryl methyl sites for hydroxylation is 1. The summed E-state index contributed by atoms with van der Waals surface area (Å²) in [5.41, 5.74) is 9.36. The number of guanidine groups is 1. The molecule has 1 aliphatic carbocycles. The quantitative estimate of drug-likeness (QED) is 0.383. The van der Waals surface area contributed by atoms with Gasteiger partial charge >= 0.3 is 0 Å². The Kier molecular flexibility index (Phi) is 6.88. The van der Waals surface area contributed by atoms with Gasteiger partial charge in [0.2, 0.25) is 10.0 Å². The number of hydrogen-bond acceptors (Lipinski definition) is 3. The zero-order valence-corrected chi connectivity index (χ0v) is 14.9. The van der Waals surface area contributed by atoms with Gasteiger partial charge < -0.3 is 11.1 Å². The minimum atomic E-state index is -3.50. The lowest BCUT2D eigenvalue weighted by Crippen LogP contribution is -2.26. The van der Waals surface area contributed by atoms with Crippen LogP contribution in [0, 0.1) is 0 Å². The van der Waals surface area contributed by atoms with Gasteiger partial charge in [-0.3, -0.25) is 4.99 Å². The summed E-state index contributed by atoms with van der Waals surface area (Å²) in [7, 11) is -3.50. The second kappa shape index (κ2) is 7.95. The predicted octanol–water partition coefficient (Wildman–Crippen LogP) is 1.20. The zero-order chi connectivity index (χ0) is 14.6. The van der Waals surface area contributed by atoms with Crippen molar-refractivity contribution in [3.05, 3.63) is 29.3 Å². The highest BCUT2D eigenvalue weighted by Gasteiger charge is 2.13. The van der Waals surface area contributed by atoms with E-state index in [1.165, 1.54) is 24.0 Å². The Morgan fingerprint density at radius 3 is 2.71 bits per heavy atom. The molecule has 21 heavy (non-hydrogen) atoms. The number of hydrogen-bond donors (Lipinski definition) is 3. The van der Waals surface area contributed by atoms with Crippen molar-refractivity contribution < 1.29 is 8.42 Å². The third-order valence-corrected chi connectivity index (χ3v) is 4.07. The monoisotopic (exact) mass is 424 g/mol. The number of halogens is 1. The number of anilines is 1. The van der Waals surface area contributed by atoms with Gasteiger partial charge in [-0.05, 0) is 42.9 Å². The van der Waals surface area contributed by atoms with Crippen LogP contribution in [-0.4, -0.2) is 26.7 Å². The van der Waals surface area contributed by atoms with Crippen LogP contribution >= 0.6 is 24.0 Å². The smallest absolute Gasteiger partial charge is 0.210 e. The van der Waals surface area contributed by atoms with Gasteiger partial charge in [0.25, 0.3) is 0 Å². The highest BCUT2D eigenvalue weighted by Crippen LogP contribution is 2.27. The summed E-state index contributed by atoms with van der Waals surface area (Å²) in [5, 5.41) is 7.96. The Balaban J connectivity index is 0.00000220. The summed E-state index contributed by atoms with van der Waals surface area (Å²) in [6, 6.07) is 6.09. The SMILES string of the molecule is I.NC(=NCCS(N)(=O)=O)Nc1cccc2c1CCCC2. The van der Waals surface area contributed by atoms with Crippen molar-refractivity contribution in [2.75, 3.05) is 17.6 Å². The third-order valence-electron chi connectivity index (χ3n) is 3.32. The normalized spacial score (nSPS) is 15.0. The number of fused-ring (bicyclic) bond motifs is 1. The molecule has 2 rings (SSSR count). The van der Waals surface area contributed by atoms with E-state index in [9.17, 15) is 8.42 Å². The second-order valence-corrected chi connectivity index (χ2v) is 6.64. The standard InChI is InChI=1S/C13H20N4O2S.HI/c14-13(16-8-9-20(15,18)19)17-12-7-3-5-10-4-1-2-6-11(10)12;/h3,5,7H,1-2,4,6,8-9H2,(H3,14,16,17)(H2,15,18,19);1H. The van der Waals surface area contributed by atoms with Crippen LogP contribution in [0.3, 0.4) is 0 Å². The van der Waals surface area contributed by atoms with Crippen LogP contribution in [0.15, 0.2) is 23.2 Å². The molecule has 0 heterocycles. The fourth-order valence-corrected chi connectivity index (χ4v) is 2.72. The largest absolute Gasteiger partial charge is 0.370 e. The summed E-state index contributed by atoms with van der Waals surface area (Å²) in [5.74, 6) is 0.00932. The van der Waals surface area contributed by atoms with Crippen LogP contribution in [0.5, 0.6) is 0 Å². The van der Waals surface area contributed by atoms with Crippen molar-refractivity contribution in [3.63, 3.8) is 0 Å². The van der Waals surface area contributed by atoms with E-state index in [1.807, 2.05) is 12.1 Å². The maximum atomic E-state index is 10.8. The summed E-state index contributed by atoms with van der Waals surface area (Å²) in [4.78, 5) is 3.98. The van der Waals surface area contributed by atoms with Gasteiger partial charge in [-0.2, -0.15) is 0 Å². The second-order valence-electron chi connectivity index (χ2n) is 4.91. The fourth-order valence-electron chi connectivity index (χ4n) is 2.37. The molecule has 1 aliphatic rings. The average molecular weight is 424 g/mol. The highest BCUT2D eigenvalue weighted by molar-refractivity contribution is 14.0. The van der Waals surface area contributed by atoms with Gasteiger partial charge in [0.05, 0.1) is 12.3 Å². The molecule has 0 spiro atoms. The first-order chi connectivity index (χ1) is 9.46. The molecule has 0 saturated heterocycles. The third kappa shape index (κ3) is 5.79. The van der Waals surface area contributed by atoms with Crippen LogP contribution in [0.4, 0.5) is 5.69 Å². The molecule has 0 bridgehead atoms. The van der Waals surface area contributed by atoms with E-state index in [-0.39, 0.29) is 42.2 Å². The Morgan fingerprint density at radius 2 is 2.00 bits per heavy atom. The molecule has 0 amide bonds. The minimum absolute atomic E-state index is 0. The molecule has 8 heteroatoms. The van der Waals surface area contributed by atoms with Gasteiger partial charge in [-0.25, -0.2) is 13.6 Å². The number of nitrogens with one attached hydrogen (secondary N) is 1. The van der Waals surface area contributed by atoms with Gasteiger partial charge in [0, 0.05) is 5.69 Å². The number of benzene rings is 1. The van der Waals surface area contributed by atoms with Gasteiger partial charge in [0.15, 0.2) is 5.96 Å². The number of sulfonamides is 1. The summed E-state index contributed by atoms with van der Waals surface area (Å²) in [6.45, 7) is 0.0622. The van der Waals surface area contributed by atoms with Crippen LogP contribution < -0.4 is 16.2 Å². The van der Waals surface area contributed by atoms with E-state index in [2.05, 4.69) is 16.4 Å². The molecule has 0 saturated carbocycles. The van der Waals surface area contributed by atoms with Gasteiger partial charge in [-0.1, -0.05) is 12.1 Å². The zero-order valence-electron chi connectivity index (χ0n) is 11.7. The Hall–Kier alpha value is -0.870. The van der Waals surface area contributed by atoms with Crippen LogP contribution in [-0.2, 0) is 22.9 Å². The predicted molar refractivity (Wildman–Crippen MR) is 96.6 cm³/mol. The van der Waals surface area contributed by atoms with E-state index >= 15 is 0 Å². The molecule has 1 aromatic rings. The molecular weight excluding hydrogens is 403 g/mol. The summed E-state index contributed by atoms with van der Waals surface area (Å²) < 4.78 is 21.6. The average Bonchev–Trinajstić information content (AvgIpc) is 2.37. The van der Waals surface area contributed by atoms with Crippen LogP contribution in [0.25, 0.3) is 0 Å². The van der Waals surface area contributed by atoms with Crippen molar-refractivity contribution in [1.82, 2.24) is 0 Å². The lowest BCUT2D eigenvalue weighted by molar-refractivity contribution is 0.597. The molecule has 0 aliphatic heterocycles. The first-order valence-electron chi connectivity index (χ1n) is 6.64. The molecule has 1 aromatic carbocycles. The minimum Gasteiger partial charge on any atom is -0.370 e. The summed E-state index contributed by atoms with van der Waals surface area (Å²) >= 11 is 0. The number of nitrogens with zero attached hydrogens (tertiary/aromatic N) is 1. The van der Waals surface area contributed by atoms with Crippen molar-refractivity contribution in [2.24, 2.45) is 15.9 Å². The summed E-state index contributed by atoms with van der Waals surface area (Å²) in [6.07, 6.45) is 4.51. The fraction of sp³-hybridized carbons (Fsp3) is 0.462. The van der Waals surface area contributed by atoms with Gasteiger partial charge in [0.1, 0.15) is 0 Å². The number of nitrogens with two attached hydrogens (primary N) is 2. The topological polar surface area (TPSA) is 111 Å². The first kappa shape index (κ1) is 18.2. The molecule has 0 atom stereocenters. The molecular formula is C13H21IN4O2S. The molecule has 0 fully saturated rings. The Bertz CT molecular complexity index is 617. The molecule has 0 unspecified atom stereocenters. The van der Waals surface area contributed by atoms with Crippen molar-refractivity contribution in [1.29, 1.82) is 0 Å². The van der Waals surface area contributed by atoms with Crippen molar-refractivity contribution >= 4 is 45.6 Å². The molecule has 6 nitrogen and oxygen atoms in total. The molecule has 0 aromatic heterocycles. The van der Waals surface area contributed by atoms with Gasteiger partial charge in [-0.15, -0.1) is 24.0 Å². The van der Waals surface area contributed by atoms with Crippen LogP contribution in [0.2, 0.25) is 0 Å². The van der Waals surface area contributed by atoms with Crippen LogP contribution in [0.1, 0.15) is 24.0 Å². The van der Waals surface area contributed by atoms with Crippen molar-refractivity contribution in [3.8, 4) is 0 Å².